The molecule has 0 amide bonds. The fourth-order valence-corrected chi connectivity index (χ4v) is 4.29. The summed E-state index contributed by atoms with van der Waals surface area (Å²) in [5, 5.41) is 0. The Morgan fingerprint density at radius 2 is 1.64 bits per heavy atom. The molecule has 3 rings (SSSR count). The second kappa shape index (κ2) is 7.20. The van der Waals surface area contributed by atoms with E-state index in [0.29, 0.717) is 6.42 Å². The van der Waals surface area contributed by atoms with Crippen molar-refractivity contribution in [1.29, 1.82) is 0 Å². The second-order valence-corrected chi connectivity index (χ2v) is 6.57. The maximum Gasteiger partial charge on any atom is 0.339 e. The van der Waals surface area contributed by atoms with E-state index in [1.54, 1.807) is 17.0 Å². The zero-order valence-corrected chi connectivity index (χ0v) is 16.1. The summed E-state index contributed by atoms with van der Waals surface area (Å²) in [5.41, 5.74) is -0.824. The van der Waals surface area contributed by atoms with E-state index in [-0.39, 0.29) is 17.7 Å². The minimum absolute atomic E-state index is 0.0814. The largest absolute Gasteiger partial charge is 0.467 e. The zero-order chi connectivity index (χ0) is 20.6. The number of nitrogens with zero attached hydrogens (tertiary/aromatic N) is 1. The molecule has 2 aliphatic rings. The predicted octanol–water partition coefficient (Wildman–Crippen LogP) is 0.743. The van der Waals surface area contributed by atoms with Crippen LogP contribution in [0.25, 0.3) is 0 Å². The summed E-state index contributed by atoms with van der Waals surface area (Å²) in [6.45, 7) is 1.45. The number of carbonyl (C=O) groups is 4. The molecule has 8 nitrogen and oxygen atoms in total. The van der Waals surface area contributed by atoms with Crippen molar-refractivity contribution >= 4 is 23.7 Å². The molecule has 0 saturated heterocycles. The molecule has 0 aromatic heterocycles. The van der Waals surface area contributed by atoms with Gasteiger partial charge in [0, 0.05) is 6.54 Å². The number of benzene rings is 1. The molecule has 1 aromatic carbocycles. The van der Waals surface area contributed by atoms with E-state index in [1.165, 1.54) is 14.0 Å². The number of ether oxygens (including phenoxy) is 3. The van der Waals surface area contributed by atoms with Crippen molar-refractivity contribution < 1.29 is 33.4 Å². The molecule has 0 N–H and O–H groups in total. The van der Waals surface area contributed by atoms with Crippen LogP contribution in [0, 0.1) is 0 Å². The van der Waals surface area contributed by atoms with Gasteiger partial charge in [0.05, 0.1) is 38.5 Å². The van der Waals surface area contributed by atoms with Crippen molar-refractivity contribution in [3.05, 3.63) is 46.5 Å². The van der Waals surface area contributed by atoms with Crippen LogP contribution in [0.3, 0.4) is 0 Å². The third-order valence-electron chi connectivity index (χ3n) is 5.40. The lowest BCUT2D eigenvalue weighted by atomic mass is 9.84. The van der Waals surface area contributed by atoms with Gasteiger partial charge in [-0.15, -0.1) is 0 Å². The molecule has 8 heteroatoms. The molecule has 28 heavy (non-hydrogen) atoms. The molecule has 0 unspecified atom stereocenters. The lowest BCUT2D eigenvalue weighted by Gasteiger charge is -2.41. The van der Waals surface area contributed by atoms with Crippen LogP contribution < -0.4 is 0 Å². The Hall–Kier alpha value is -3.00. The van der Waals surface area contributed by atoms with Gasteiger partial charge in [-0.2, -0.15) is 0 Å². The molecular formula is C20H21NO7. The van der Waals surface area contributed by atoms with E-state index in [0.717, 1.165) is 25.3 Å². The standard InChI is InChI=1S/C20H21NO7/c1-11(22)20(19(25)28-4)15(18(24)27-3)14(17(23)26-2)16-13-8-6-5-7-12(13)9-10-21(16)20/h5-8,16H,9-10H2,1-4H3/t16-,20+/m0/s1. The predicted molar refractivity (Wildman–Crippen MR) is 96.1 cm³/mol. The van der Waals surface area contributed by atoms with Gasteiger partial charge in [0.1, 0.15) is 0 Å². The Balaban J connectivity index is 2.43. The van der Waals surface area contributed by atoms with Gasteiger partial charge in [-0.25, -0.2) is 14.4 Å². The molecule has 0 radical (unpaired) electrons. The maximum absolute atomic E-state index is 13.0. The smallest absolute Gasteiger partial charge is 0.339 e. The average Bonchev–Trinajstić information content (AvgIpc) is 3.04. The number of Topliss-reactive ketones (excluding diaryl/α,β-unsaturated/α-hetero) is 1. The van der Waals surface area contributed by atoms with Crippen LogP contribution in [0.2, 0.25) is 0 Å². The molecular weight excluding hydrogens is 366 g/mol. The summed E-state index contributed by atoms with van der Waals surface area (Å²) >= 11 is 0. The van der Waals surface area contributed by atoms with E-state index < -0.39 is 35.3 Å². The van der Waals surface area contributed by atoms with Gasteiger partial charge in [-0.1, -0.05) is 24.3 Å². The summed E-state index contributed by atoms with van der Waals surface area (Å²) < 4.78 is 14.7. The van der Waals surface area contributed by atoms with Crippen LogP contribution in [-0.4, -0.2) is 62.0 Å². The second-order valence-electron chi connectivity index (χ2n) is 6.57. The number of fused-ring (bicyclic) bond motifs is 3. The lowest BCUT2D eigenvalue weighted by Crippen LogP contribution is -2.61. The Kier molecular flexibility index (Phi) is 5.08. The number of hydrogen-bond acceptors (Lipinski definition) is 8. The van der Waals surface area contributed by atoms with Crippen molar-refractivity contribution in [3.63, 3.8) is 0 Å². The van der Waals surface area contributed by atoms with E-state index in [2.05, 4.69) is 0 Å². The van der Waals surface area contributed by atoms with Crippen LogP contribution >= 0.6 is 0 Å². The number of hydrogen-bond donors (Lipinski definition) is 0. The third kappa shape index (κ3) is 2.48. The number of esters is 3. The van der Waals surface area contributed by atoms with Crippen molar-refractivity contribution in [2.45, 2.75) is 24.9 Å². The molecule has 0 bridgehead atoms. The van der Waals surface area contributed by atoms with Crippen LogP contribution in [-0.2, 0) is 39.8 Å². The van der Waals surface area contributed by atoms with Crippen molar-refractivity contribution in [2.24, 2.45) is 0 Å². The Labute approximate surface area is 162 Å². The Morgan fingerprint density at radius 1 is 1.00 bits per heavy atom. The van der Waals surface area contributed by atoms with Crippen molar-refractivity contribution in [1.82, 2.24) is 4.90 Å². The minimum Gasteiger partial charge on any atom is -0.467 e. The fraction of sp³-hybridized carbons (Fsp3) is 0.400. The highest BCUT2D eigenvalue weighted by Crippen LogP contribution is 2.51. The molecule has 0 fully saturated rings. The highest BCUT2D eigenvalue weighted by atomic mass is 16.5. The first-order valence-corrected chi connectivity index (χ1v) is 8.71. The van der Waals surface area contributed by atoms with E-state index in [1.807, 2.05) is 12.1 Å². The molecule has 0 aliphatic carbocycles. The van der Waals surface area contributed by atoms with Crippen LogP contribution in [0.4, 0.5) is 0 Å². The molecule has 0 saturated carbocycles. The summed E-state index contributed by atoms with van der Waals surface area (Å²) in [4.78, 5) is 52.9. The maximum atomic E-state index is 13.0. The van der Waals surface area contributed by atoms with Crippen LogP contribution in [0.15, 0.2) is 35.4 Å². The first-order chi connectivity index (χ1) is 13.4. The topological polar surface area (TPSA) is 99.2 Å². The van der Waals surface area contributed by atoms with E-state index in [4.69, 9.17) is 14.2 Å². The van der Waals surface area contributed by atoms with Gasteiger partial charge < -0.3 is 14.2 Å². The van der Waals surface area contributed by atoms with Gasteiger partial charge in [0.15, 0.2) is 5.78 Å². The quantitative estimate of drug-likeness (QED) is 0.424. The molecule has 2 heterocycles. The van der Waals surface area contributed by atoms with Gasteiger partial charge in [-0.3, -0.25) is 9.69 Å². The van der Waals surface area contributed by atoms with Crippen LogP contribution in [0.5, 0.6) is 0 Å². The molecule has 2 aliphatic heterocycles. The first kappa shape index (κ1) is 19.8. The van der Waals surface area contributed by atoms with Gasteiger partial charge >= 0.3 is 17.9 Å². The van der Waals surface area contributed by atoms with E-state index >= 15 is 0 Å². The number of carbonyl (C=O) groups excluding carboxylic acids is 4. The molecule has 148 valence electrons. The normalized spacial score (nSPS) is 23.5. The van der Waals surface area contributed by atoms with Gasteiger partial charge in [0.2, 0.25) is 5.54 Å². The summed E-state index contributed by atoms with van der Waals surface area (Å²) in [7, 11) is 3.43. The molecule has 0 spiro atoms. The monoisotopic (exact) mass is 387 g/mol. The van der Waals surface area contributed by atoms with Crippen molar-refractivity contribution in [3.8, 4) is 0 Å². The van der Waals surface area contributed by atoms with E-state index in [9.17, 15) is 19.2 Å². The summed E-state index contributed by atoms with van der Waals surface area (Å²) in [6, 6.07) is 6.56. The number of rotatable bonds is 4. The highest BCUT2D eigenvalue weighted by molar-refractivity contribution is 6.21. The zero-order valence-electron chi connectivity index (χ0n) is 16.1. The Morgan fingerprint density at radius 3 is 2.21 bits per heavy atom. The summed E-state index contributed by atoms with van der Waals surface area (Å²) in [6.07, 6.45) is 0.529. The third-order valence-corrected chi connectivity index (χ3v) is 5.40. The Bertz CT molecular complexity index is 904. The van der Waals surface area contributed by atoms with Crippen molar-refractivity contribution in [2.75, 3.05) is 27.9 Å². The molecule has 1 aromatic rings. The first-order valence-electron chi connectivity index (χ1n) is 8.71. The van der Waals surface area contributed by atoms with Gasteiger partial charge in [0.25, 0.3) is 0 Å². The highest BCUT2D eigenvalue weighted by Gasteiger charge is 2.66. The van der Waals surface area contributed by atoms with Gasteiger partial charge in [-0.05, 0) is 24.5 Å². The fourth-order valence-electron chi connectivity index (χ4n) is 4.29. The molecule has 2 atom stereocenters. The summed E-state index contributed by atoms with van der Waals surface area (Å²) in [5.74, 6) is -3.33. The minimum atomic E-state index is -2.08. The average molecular weight is 387 g/mol. The number of ketones is 1. The van der Waals surface area contributed by atoms with Crippen LogP contribution in [0.1, 0.15) is 24.1 Å². The SMILES string of the molecule is COC(=O)C1=C(C(=O)OC)[C@](C(C)=O)(C(=O)OC)N2CCc3ccccc3[C@@H]12. The lowest BCUT2D eigenvalue weighted by molar-refractivity contribution is -0.160. The number of methoxy groups -OCH3 is 3.